The van der Waals surface area contributed by atoms with Crippen molar-refractivity contribution < 1.29 is 18.8 Å². The molecule has 0 radical (unpaired) electrons. The third-order valence-corrected chi connectivity index (χ3v) is 5.53. The molecule has 1 aliphatic carbocycles. The van der Waals surface area contributed by atoms with Crippen LogP contribution in [0.3, 0.4) is 0 Å². The first kappa shape index (κ1) is 20.3. The molecular weight excluding hydrogens is 395 g/mol. The zero-order chi connectivity index (χ0) is 21.6. The Morgan fingerprint density at radius 2 is 2.17 bits per heavy atom. The summed E-state index contributed by atoms with van der Waals surface area (Å²) in [6, 6.07) is 1.07. The fraction of sp³-hybridized carbons (Fsp3) is 0.500. The molecule has 2 heterocycles. The lowest BCUT2D eigenvalue weighted by molar-refractivity contribution is -0.384. The van der Waals surface area contributed by atoms with E-state index in [0.717, 1.165) is 18.9 Å². The number of anilines is 1. The van der Waals surface area contributed by atoms with E-state index in [-0.39, 0.29) is 40.8 Å². The molecule has 0 spiro atoms. The standard InChI is InChI=1S/C20H23FN4O5/c1-3-30-20(27)14-10-24(12-4-5-12)17-13(19(14)26)8-15(25(28)29)18(16(17)21)23-7-6-22-11(2)9-23/h8,10-12,22H,3-7,9H2,1-2H3. The molecule has 1 atom stereocenters. The van der Waals surface area contributed by atoms with E-state index in [9.17, 15) is 19.7 Å². The van der Waals surface area contributed by atoms with Gasteiger partial charge in [0.05, 0.1) is 22.4 Å². The van der Waals surface area contributed by atoms with Gasteiger partial charge in [0.2, 0.25) is 5.43 Å². The number of rotatable bonds is 5. The minimum atomic E-state index is -0.818. The number of esters is 1. The molecule has 9 nitrogen and oxygen atoms in total. The molecular formula is C20H23FN4O5. The van der Waals surface area contributed by atoms with Crippen LogP contribution in [0, 0.1) is 15.9 Å². The molecule has 1 aromatic heterocycles. The average Bonchev–Trinajstić information content (AvgIpc) is 3.53. The van der Waals surface area contributed by atoms with Crippen LogP contribution in [-0.2, 0) is 4.74 Å². The summed E-state index contributed by atoms with van der Waals surface area (Å²) in [4.78, 5) is 38.0. The first-order valence-corrected chi connectivity index (χ1v) is 10.0. The van der Waals surface area contributed by atoms with Gasteiger partial charge in [-0.15, -0.1) is 0 Å². The number of hydrogen-bond donors (Lipinski definition) is 1. The van der Waals surface area contributed by atoms with Gasteiger partial charge in [0.1, 0.15) is 5.56 Å². The van der Waals surface area contributed by atoms with Crippen LogP contribution >= 0.6 is 0 Å². The van der Waals surface area contributed by atoms with Gasteiger partial charge in [-0.3, -0.25) is 14.9 Å². The van der Waals surface area contributed by atoms with Crippen LogP contribution in [0.25, 0.3) is 10.9 Å². The van der Waals surface area contributed by atoms with Gasteiger partial charge in [-0.05, 0) is 26.7 Å². The molecule has 2 fully saturated rings. The predicted octanol–water partition coefficient (Wildman–Crippen LogP) is 2.36. The Labute approximate surface area is 171 Å². The highest BCUT2D eigenvalue weighted by Crippen LogP contribution is 2.41. The summed E-state index contributed by atoms with van der Waals surface area (Å²) >= 11 is 0. The first-order valence-electron chi connectivity index (χ1n) is 10.0. The number of hydrogen-bond acceptors (Lipinski definition) is 7. The van der Waals surface area contributed by atoms with E-state index >= 15 is 4.39 Å². The Hall–Kier alpha value is -3.01. The van der Waals surface area contributed by atoms with Crippen molar-refractivity contribution in [3.05, 3.63) is 44.0 Å². The van der Waals surface area contributed by atoms with Gasteiger partial charge >= 0.3 is 5.97 Å². The highest BCUT2D eigenvalue weighted by Gasteiger charge is 2.34. The number of nitro groups is 1. The maximum absolute atomic E-state index is 15.9. The van der Waals surface area contributed by atoms with Crippen molar-refractivity contribution >= 4 is 28.2 Å². The van der Waals surface area contributed by atoms with Crippen molar-refractivity contribution in [1.29, 1.82) is 0 Å². The molecule has 160 valence electrons. The van der Waals surface area contributed by atoms with E-state index in [1.807, 2.05) is 6.92 Å². The molecule has 0 bridgehead atoms. The lowest BCUT2D eigenvalue weighted by atomic mass is 10.1. The fourth-order valence-corrected chi connectivity index (χ4v) is 4.02. The normalized spacial score (nSPS) is 19.2. The number of piperazine rings is 1. The van der Waals surface area contributed by atoms with Crippen molar-refractivity contribution in [3.8, 4) is 0 Å². The van der Waals surface area contributed by atoms with Crippen LogP contribution in [0.2, 0.25) is 0 Å². The Morgan fingerprint density at radius 1 is 1.43 bits per heavy atom. The van der Waals surface area contributed by atoms with Gasteiger partial charge in [0.15, 0.2) is 11.5 Å². The van der Waals surface area contributed by atoms with E-state index in [1.165, 1.54) is 6.20 Å². The highest BCUT2D eigenvalue weighted by atomic mass is 19.1. The molecule has 2 aromatic rings. The van der Waals surface area contributed by atoms with E-state index in [1.54, 1.807) is 16.4 Å². The van der Waals surface area contributed by atoms with Gasteiger partial charge in [-0.25, -0.2) is 9.18 Å². The van der Waals surface area contributed by atoms with Crippen molar-refractivity contribution in [2.24, 2.45) is 0 Å². The number of halogens is 1. The SMILES string of the molecule is CCOC(=O)c1cn(C2CC2)c2c(F)c(N3CCNC(C)C3)c([N+](=O)[O-])cc2c1=O. The van der Waals surface area contributed by atoms with Crippen molar-refractivity contribution in [2.75, 3.05) is 31.1 Å². The Kier molecular flexibility index (Phi) is 5.19. The zero-order valence-corrected chi connectivity index (χ0v) is 16.8. The highest BCUT2D eigenvalue weighted by molar-refractivity contribution is 5.96. The van der Waals surface area contributed by atoms with Crippen LogP contribution in [0.1, 0.15) is 43.1 Å². The van der Waals surface area contributed by atoms with E-state index in [0.29, 0.717) is 19.6 Å². The Bertz CT molecular complexity index is 1100. The summed E-state index contributed by atoms with van der Waals surface area (Å²) in [6.07, 6.45) is 2.88. The van der Waals surface area contributed by atoms with E-state index in [2.05, 4.69) is 5.32 Å². The van der Waals surface area contributed by atoms with Crippen molar-refractivity contribution in [1.82, 2.24) is 9.88 Å². The number of carbonyl (C=O) groups excluding carboxylic acids is 1. The number of carbonyl (C=O) groups is 1. The Morgan fingerprint density at radius 3 is 2.77 bits per heavy atom. The lowest BCUT2D eigenvalue weighted by Gasteiger charge is -2.33. The second-order valence-corrected chi connectivity index (χ2v) is 7.74. The molecule has 4 rings (SSSR count). The Balaban J connectivity index is 2.02. The summed E-state index contributed by atoms with van der Waals surface area (Å²) in [5, 5.41) is 14.9. The smallest absolute Gasteiger partial charge is 0.343 e. The third kappa shape index (κ3) is 3.41. The maximum atomic E-state index is 15.9. The molecule has 1 N–H and O–H groups in total. The lowest BCUT2D eigenvalue weighted by Crippen LogP contribution is -2.49. The van der Waals surface area contributed by atoms with E-state index in [4.69, 9.17) is 4.74 Å². The summed E-state index contributed by atoms with van der Waals surface area (Å²) in [5.74, 6) is -1.62. The number of benzene rings is 1. The van der Waals surface area contributed by atoms with E-state index < -0.39 is 27.8 Å². The largest absolute Gasteiger partial charge is 0.462 e. The molecule has 1 saturated heterocycles. The first-order chi connectivity index (χ1) is 14.3. The minimum Gasteiger partial charge on any atom is -0.462 e. The second kappa shape index (κ2) is 7.67. The molecule has 1 aromatic carbocycles. The van der Waals surface area contributed by atoms with Crippen LogP contribution in [0.4, 0.5) is 15.8 Å². The molecule has 1 saturated carbocycles. The van der Waals surface area contributed by atoms with Crippen molar-refractivity contribution in [2.45, 2.75) is 38.8 Å². The van der Waals surface area contributed by atoms with Gasteiger partial charge in [0.25, 0.3) is 5.69 Å². The van der Waals surface area contributed by atoms with Gasteiger partial charge in [-0.2, -0.15) is 0 Å². The number of ether oxygens (including phenoxy) is 1. The summed E-state index contributed by atoms with van der Waals surface area (Å²) in [6.45, 7) is 4.98. The fourth-order valence-electron chi connectivity index (χ4n) is 4.02. The molecule has 0 amide bonds. The van der Waals surface area contributed by atoms with Crippen LogP contribution in [0.5, 0.6) is 0 Å². The number of nitrogens with one attached hydrogen (secondary N) is 1. The second-order valence-electron chi connectivity index (χ2n) is 7.74. The zero-order valence-electron chi connectivity index (χ0n) is 16.8. The van der Waals surface area contributed by atoms with Gasteiger partial charge in [0, 0.05) is 44.0 Å². The number of fused-ring (bicyclic) bond motifs is 1. The molecule has 10 heteroatoms. The van der Waals surface area contributed by atoms with Crippen molar-refractivity contribution in [3.63, 3.8) is 0 Å². The molecule has 1 unspecified atom stereocenters. The summed E-state index contributed by atoms with van der Waals surface area (Å²) in [5.41, 5.74) is -1.59. The molecule has 30 heavy (non-hydrogen) atoms. The monoisotopic (exact) mass is 418 g/mol. The van der Waals surface area contributed by atoms with Gasteiger partial charge in [-0.1, -0.05) is 0 Å². The molecule has 1 aliphatic heterocycles. The maximum Gasteiger partial charge on any atom is 0.343 e. The average molecular weight is 418 g/mol. The predicted molar refractivity (Wildman–Crippen MR) is 109 cm³/mol. The minimum absolute atomic E-state index is 0.00216. The van der Waals surface area contributed by atoms with Gasteiger partial charge < -0.3 is 19.5 Å². The number of nitrogens with zero attached hydrogens (tertiary/aromatic N) is 3. The van der Waals surface area contributed by atoms with Crippen LogP contribution in [0.15, 0.2) is 17.1 Å². The van der Waals surface area contributed by atoms with Crippen LogP contribution < -0.4 is 15.6 Å². The number of pyridine rings is 1. The summed E-state index contributed by atoms with van der Waals surface area (Å²) in [7, 11) is 0. The topological polar surface area (TPSA) is 107 Å². The molecule has 2 aliphatic rings. The third-order valence-electron chi connectivity index (χ3n) is 5.53. The van der Waals surface area contributed by atoms with Crippen LogP contribution in [-0.4, -0.2) is 47.7 Å². The number of aromatic nitrogens is 1. The number of nitro benzene ring substituents is 1. The summed E-state index contributed by atoms with van der Waals surface area (Å²) < 4.78 is 22.4. The quantitative estimate of drug-likeness (QED) is 0.451.